The molecule has 0 aliphatic carbocycles. The first-order chi connectivity index (χ1) is 5.79. The fourth-order valence-corrected chi connectivity index (χ4v) is 2.64. The molecule has 1 aromatic heterocycles. The highest BCUT2D eigenvalue weighted by Crippen LogP contribution is 2.27. The Balaban J connectivity index is 2.72. The van der Waals surface area contributed by atoms with Gasteiger partial charge in [0, 0.05) is 4.47 Å². The summed E-state index contributed by atoms with van der Waals surface area (Å²) < 4.78 is 0.996. The van der Waals surface area contributed by atoms with Crippen LogP contribution in [-0.4, -0.2) is 6.29 Å². The van der Waals surface area contributed by atoms with Gasteiger partial charge in [0.2, 0.25) is 0 Å². The zero-order valence-corrected chi connectivity index (χ0v) is 9.37. The highest BCUT2D eigenvalue weighted by atomic mass is 79.9. The Hall–Kier alpha value is -0.150. The monoisotopic (exact) mass is 246 g/mol. The molecule has 0 bridgehead atoms. The molecule has 3 heteroatoms. The Kier molecular flexibility index (Phi) is 3.95. The van der Waals surface area contributed by atoms with Crippen molar-refractivity contribution in [2.45, 2.75) is 26.2 Å². The van der Waals surface area contributed by atoms with Gasteiger partial charge in [-0.15, -0.1) is 11.3 Å². The van der Waals surface area contributed by atoms with Crippen molar-refractivity contribution in [2.75, 3.05) is 0 Å². The number of rotatable bonds is 4. The Labute approximate surface area is 84.9 Å². The van der Waals surface area contributed by atoms with E-state index in [2.05, 4.69) is 28.2 Å². The summed E-state index contributed by atoms with van der Waals surface area (Å²) in [6.07, 6.45) is 4.36. The summed E-state index contributed by atoms with van der Waals surface area (Å²) in [4.78, 5) is 11.3. The molecule has 0 N–H and O–H groups in total. The predicted octanol–water partition coefficient (Wildman–Crippen LogP) is 3.67. The summed E-state index contributed by atoms with van der Waals surface area (Å²) in [7, 11) is 0. The van der Waals surface area contributed by atoms with Crippen molar-refractivity contribution in [3.63, 3.8) is 0 Å². The molecule has 0 aliphatic rings. The molecular formula is C9H11BrOS. The second kappa shape index (κ2) is 4.77. The van der Waals surface area contributed by atoms with Crippen molar-refractivity contribution < 1.29 is 4.79 Å². The maximum absolute atomic E-state index is 10.5. The van der Waals surface area contributed by atoms with E-state index >= 15 is 0 Å². The van der Waals surface area contributed by atoms with Gasteiger partial charge in [0.05, 0.1) is 4.88 Å². The Bertz CT molecular complexity index is 267. The average molecular weight is 247 g/mol. The number of hydrogen-bond donors (Lipinski definition) is 0. The quantitative estimate of drug-likeness (QED) is 0.742. The lowest BCUT2D eigenvalue weighted by Crippen LogP contribution is -1.82. The summed E-state index contributed by atoms with van der Waals surface area (Å²) in [5.74, 6) is 0. The number of unbranched alkanes of at least 4 members (excludes halogenated alkanes) is 1. The van der Waals surface area contributed by atoms with Crippen molar-refractivity contribution in [3.05, 3.63) is 20.3 Å². The Morgan fingerprint density at radius 2 is 2.42 bits per heavy atom. The second-order valence-corrected chi connectivity index (χ2v) is 4.36. The third kappa shape index (κ3) is 2.17. The SMILES string of the molecule is CCCCc1csc(C=O)c1Br. The molecule has 0 aromatic carbocycles. The van der Waals surface area contributed by atoms with Gasteiger partial charge < -0.3 is 0 Å². The van der Waals surface area contributed by atoms with E-state index < -0.39 is 0 Å². The third-order valence-electron chi connectivity index (χ3n) is 1.73. The van der Waals surface area contributed by atoms with Crippen LogP contribution in [0, 0.1) is 0 Å². The van der Waals surface area contributed by atoms with Crippen LogP contribution in [0.2, 0.25) is 0 Å². The molecule has 1 heterocycles. The molecule has 0 fully saturated rings. The van der Waals surface area contributed by atoms with E-state index in [-0.39, 0.29) is 0 Å². The number of aldehydes is 1. The van der Waals surface area contributed by atoms with Gasteiger partial charge in [0.1, 0.15) is 0 Å². The fraction of sp³-hybridized carbons (Fsp3) is 0.444. The molecule has 0 aliphatic heterocycles. The van der Waals surface area contributed by atoms with Crippen LogP contribution in [0.5, 0.6) is 0 Å². The topological polar surface area (TPSA) is 17.1 Å². The van der Waals surface area contributed by atoms with Gasteiger partial charge in [-0.05, 0) is 39.7 Å². The molecule has 1 rings (SSSR count). The van der Waals surface area contributed by atoms with Gasteiger partial charge in [-0.3, -0.25) is 4.79 Å². The van der Waals surface area contributed by atoms with E-state index in [1.54, 1.807) is 0 Å². The Morgan fingerprint density at radius 1 is 1.67 bits per heavy atom. The number of aryl methyl sites for hydroxylation is 1. The van der Waals surface area contributed by atoms with Crippen molar-refractivity contribution in [1.29, 1.82) is 0 Å². The van der Waals surface area contributed by atoms with Crippen molar-refractivity contribution in [3.8, 4) is 0 Å². The lowest BCUT2D eigenvalue weighted by Gasteiger charge is -1.95. The van der Waals surface area contributed by atoms with Crippen LogP contribution in [0.4, 0.5) is 0 Å². The normalized spacial score (nSPS) is 10.2. The summed E-state index contributed by atoms with van der Waals surface area (Å²) in [5.41, 5.74) is 1.27. The van der Waals surface area contributed by atoms with E-state index in [4.69, 9.17) is 0 Å². The third-order valence-corrected chi connectivity index (χ3v) is 3.89. The number of halogens is 1. The number of hydrogen-bond acceptors (Lipinski definition) is 2. The van der Waals surface area contributed by atoms with Gasteiger partial charge in [-0.1, -0.05) is 13.3 Å². The minimum atomic E-state index is 0.807. The first-order valence-corrected chi connectivity index (χ1v) is 5.68. The minimum absolute atomic E-state index is 0.807. The van der Waals surface area contributed by atoms with Crippen LogP contribution < -0.4 is 0 Å². The molecule has 0 radical (unpaired) electrons. The van der Waals surface area contributed by atoms with Gasteiger partial charge in [-0.2, -0.15) is 0 Å². The lowest BCUT2D eigenvalue weighted by molar-refractivity contribution is 0.112. The second-order valence-electron chi connectivity index (χ2n) is 2.66. The first-order valence-electron chi connectivity index (χ1n) is 4.00. The van der Waals surface area contributed by atoms with Crippen LogP contribution in [0.1, 0.15) is 35.0 Å². The molecule has 1 aromatic rings. The summed E-state index contributed by atoms with van der Waals surface area (Å²) in [6.45, 7) is 2.17. The molecule has 0 unspecified atom stereocenters. The van der Waals surface area contributed by atoms with Gasteiger partial charge in [0.25, 0.3) is 0 Å². The molecular weight excluding hydrogens is 236 g/mol. The minimum Gasteiger partial charge on any atom is -0.297 e. The van der Waals surface area contributed by atoms with Crippen LogP contribution >= 0.6 is 27.3 Å². The molecule has 0 spiro atoms. The lowest BCUT2D eigenvalue weighted by atomic mass is 10.1. The molecule has 0 atom stereocenters. The van der Waals surface area contributed by atoms with E-state index in [1.165, 1.54) is 29.7 Å². The zero-order chi connectivity index (χ0) is 8.97. The van der Waals surface area contributed by atoms with Crippen molar-refractivity contribution in [1.82, 2.24) is 0 Å². The van der Waals surface area contributed by atoms with Crippen LogP contribution in [-0.2, 0) is 6.42 Å². The van der Waals surface area contributed by atoms with E-state index in [9.17, 15) is 4.79 Å². The highest BCUT2D eigenvalue weighted by molar-refractivity contribution is 9.10. The van der Waals surface area contributed by atoms with Gasteiger partial charge in [0.15, 0.2) is 6.29 Å². The standard InChI is InChI=1S/C9H11BrOS/c1-2-3-4-7-6-12-8(5-11)9(7)10/h5-6H,2-4H2,1H3. The van der Waals surface area contributed by atoms with Crippen molar-refractivity contribution >= 4 is 33.6 Å². The van der Waals surface area contributed by atoms with Crippen molar-refractivity contribution in [2.24, 2.45) is 0 Å². The molecule has 0 saturated carbocycles. The van der Waals surface area contributed by atoms with Crippen LogP contribution in [0.3, 0.4) is 0 Å². The van der Waals surface area contributed by atoms with Gasteiger partial charge >= 0.3 is 0 Å². The largest absolute Gasteiger partial charge is 0.297 e. The predicted molar refractivity (Wildman–Crippen MR) is 56.0 cm³/mol. The van der Waals surface area contributed by atoms with Gasteiger partial charge in [-0.25, -0.2) is 0 Å². The van der Waals surface area contributed by atoms with Crippen LogP contribution in [0.15, 0.2) is 9.85 Å². The van der Waals surface area contributed by atoms with Crippen LogP contribution in [0.25, 0.3) is 0 Å². The summed E-state index contributed by atoms with van der Waals surface area (Å²) in [6, 6.07) is 0. The summed E-state index contributed by atoms with van der Waals surface area (Å²) >= 11 is 4.93. The smallest absolute Gasteiger partial charge is 0.161 e. The Morgan fingerprint density at radius 3 is 2.92 bits per heavy atom. The van der Waals surface area contributed by atoms with E-state index in [0.29, 0.717) is 0 Å². The molecule has 1 nitrogen and oxygen atoms in total. The van der Waals surface area contributed by atoms with E-state index in [1.807, 2.05) is 0 Å². The number of thiophene rings is 1. The molecule has 66 valence electrons. The van der Waals surface area contributed by atoms with E-state index in [0.717, 1.165) is 22.1 Å². The summed E-state index contributed by atoms with van der Waals surface area (Å²) in [5, 5.41) is 2.06. The molecule has 0 amide bonds. The number of carbonyl (C=O) groups is 1. The zero-order valence-electron chi connectivity index (χ0n) is 6.97. The average Bonchev–Trinajstić information content (AvgIpc) is 2.43. The number of carbonyl (C=O) groups excluding carboxylic acids is 1. The highest BCUT2D eigenvalue weighted by Gasteiger charge is 2.06. The fourth-order valence-electron chi connectivity index (χ4n) is 1.01. The molecule has 0 saturated heterocycles. The maximum Gasteiger partial charge on any atom is 0.161 e. The maximum atomic E-state index is 10.5. The molecule has 12 heavy (non-hydrogen) atoms. The first kappa shape index (κ1) is 9.93.